The predicted octanol–water partition coefficient (Wildman–Crippen LogP) is 1.93. The molecule has 0 radical (unpaired) electrons. The Kier molecular flexibility index (Phi) is 4.46. The van der Waals surface area contributed by atoms with Crippen LogP contribution in [0.5, 0.6) is 5.88 Å². The highest BCUT2D eigenvalue weighted by atomic mass is 32.2. The van der Waals surface area contributed by atoms with Gasteiger partial charge < -0.3 is 4.74 Å². The Labute approximate surface area is 139 Å². The number of nitrogens with zero attached hydrogens (tertiary/aromatic N) is 3. The van der Waals surface area contributed by atoms with Gasteiger partial charge >= 0.3 is 0 Å². The number of aromatic nitrogens is 1. The van der Waals surface area contributed by atoms with E-state index >= 15 is 0 Å². The molecular formula is C16H14FN3O3S. The zero-order chi connectivity index (χ0) is 17.2. The second kappa shape index (κ2) is 6.55. The highest BCUT2D eigenvalue weighted by Gasteiger charge is 2.34. The minimum absolute atomic E-state index is 0.0762. The van der Waals surface area contributed by atoms with Crippen LogP contribution in [-0.4, -0.2) is 36.9 Å². The summed E-state index contributed by atoms with van der Waals surface area (Å²) >= 11 is 0. The van der Waals surface area contributed by atoms with Gasteiger partial charge in [-0.25, -0.2) is 17.8 Å². The second-order valence-electron chi connectivity index (χ2n) is 5.34. The Balaban J connectivity index is 1.72. The van der Waals surface area contributed by atoms with Crippen LogP contribution in [0.15, 0.2) is 47.5 Å². The molecule has 6 nitrogen and oxygen atoms in total. The molecule has 0 N–H and O–H groups in total. The summed E-state index contributed by atoms with van der Waals surface area (Å²) in [5.41, 5.74) is 0.419. The van der Waals surface area contributed by atoms with Gasteiger partial charge in [-0.2, -0.15) is 9.57 Å². The molecule has 2 aromatic rings. The van der Waals surface area contributed by atoms with Crippen molar-refractivity contribution in [3.8, 4) is 11.9 Å². The number of hydrogen-bond donors (Lipinski definition) is 0. The Bertz CT molecular complexity index is 895. The van der Waals surface area contributed by atoms with Crippen molar-refractivity contribution in [3.05, 3.63) is 54.0 Å². The molecule has 0 bridgehead atoms. The highest BCUT2D eigenvalue weighted by Crippen LogP contribution is 2.24. The third kappa shape index (κ3) is 3.37. The maximum Gasteiger partial charge on any atom is 0.243 e. The van der Waals surface area contributed by atoms with Gasteiger partial charge in [0, 0.05) is 18.8 Å². The number of benzene rings is 1. The Hall–Kier alpha value is -2.50. The van der Waals surface area contributed by atoms with Crippen LogP contribution < -0.4 is 4.74 Å². The quantitative estimate of drug-likeness (QED) is 0.844. The van der Waals surface area contributed by atoms with Crippen molar-refractivity contribution in [2.24, 2.45) is 0 Å². The van der Waals surface area contributed by atoms with E-state index < -0.39 is 15.8 Å². The molecule has 0 amide bonds. The van der Waals surface area contributed by atoms with Gasteiger partial charge in [0.05, 0.1) is 23.1 Å². The van der Waals surface area contributed by atoms with Crippen molar-refractivity contribution in [1.82, 2.24) is 9.29 Å². The van der Waals surface area contributed by atoms with Crippen molar-refractivity contribution in [2.45, 2.75) is 17.4 Å². The summed E-state index contributed by atoms with van der Waals surface area (Å²) in [4.78, 5) is 3.94. The minimum atomic E-state index is -3.76. The summed E-state index contributed by atoms with van der Waals surface area (Å²) < 4.78 is 45.3. The van der Waals surface area contributed by atoms with Crippen LogP contribution in [0.2, 0.25) is 0 Å². The summed E-state index contributed by atoms with van der Waals surface area (Å²) in [6.45, 7) is 0.429. The molecule has 1 aliphatic rings. The van der Waals surface area contributed by atoms with E-state index in [1.54, 1.807) is 6.07 Å². The minimum Gasteiger partial charge on any atom is -0.473 e. The van der Waals surface area contributed by atoms with Crippen LogP contribution in [0, 0.1) is 17.1 Å². The largest absolute Gasteiger partial charge is 0.473 e. The SMILES string of the molecule is N#Cc1ccnc(OC2CCN(S(=O)(=O)c3cccc(F)c3)C2)c1. The lowest BCUT2D eigenvalue weighted by Gasteiger charge is -2.17. The van der Waals surface area contributed by atoms with Crippen LogP contribution in [0.3, 0.4) is 0 Å². The zero-order valence-electron chi connectivity index (χ0n) is 12.6. The second-order valence-corrected chi connectivity index (χ2v) is 7.28. The molecule has 1 aromatic carbocycles. The zero-order valence-corrected chi connectivity index (χ0v) is 13.4. The predicted molar refractivity (Wildman–Crippen MR) is 83.1 cm³/mol. The standard InChI is InChI=1S/C16H14FN3O3S/c17-13-2-1-3-15(9-13)24(21,22)20-7-5-14(11-20)23-16-8-12(10-18)4-6-19-16/h1-4,6,8-9,14H,5,7,11H2. The van der Waals surface area contributed by atoms with Gasteiger partial charge in [-0.3, -0.25) is 0 Å². The van der Waals surface area contributed by atoms with Crippen molar-refractivity contribution < 1.29 is 17.5 Å². The number of nitriles is 1. The monoisotopic (exact) mass is 347 g/mol. The molecule has 8 heteroatoms. The average Bonchev–Trinajstić information content (AvgIpc) is 3.04. The number of sulfonamides is 1. The van der Waals surface area contributed by atoms with Crippen molar-refractivity contribution in [3.63, 3.8) is 0 Å². The molecule has 124 valence electrons. The molecule has 0 saturated carbocycles. The van der Waals surface area contributed by atoms with Gasteiger partial charge in [-0.05, 0) is 30.7 Å². The third-order valence-corrected chi connectivity index (χ3v) is 5.55. The van der Waals surface area contributed by atoms with Gasteiger partial charge in [-0.1, -0.05) is 6.07 Å². The van der Waals surface area contributed by atoms with Crippen LogP contribution in [0.4, 0.5) is 4.39 Å². The summed E-state index contributed by atoms with van der Waals surface area (Å²) in [7, 11) is -3.76. The first kappa shape index (κ1) is 16.4. The summed E-state index contributed by atoms with van der Waals surface area (Å²) in [5.74, 6) is -0.315. The molecule has 1 aromatic heterocycles. The van der Waals surface area contributed by atoms with Crippen molar-refractivity contribution in [2.75, 3.05) is 13.1 Å². The van der Waals surface area contributed by atoms with Crippen LogP contribution in [-0.2, 0) is 10.0 Å². The average molecular weight is 347 g/mol. The van der Waals surface area contributed by atoms with E-state index in [4.69, 9.17) is 10.00 Å². The molecule has 24 heavy (non-hydrogen) atoms. The number of pyridine rings is 1. The van der Waals surface area contributed by atoms with Crippen LogP contribution >= 0.6 is 0 Å². The van der Waals surface area contributed by atoms with E-state index in [0.29, 0.717) is 12.0 Å². The molecule has 1 atom stereocenters. The fraction of sp³-hybridized carbons (Fsp3) is 0.250. The van der Waals surface area contributed by atoms with E-state index in [0.717, 1.165) is 6.07 Å². The molecule has 2 heterocycles. The van der Waals surface area contributed by atoms with Gasteiger partial charge in [-0.15, -0.1) is 0 Å². The first-order chi connectivity index (χ1) is 11.5. The van der Waals surface area contributed by atoms with E-state index in [1.807, 2.05) is 6.07 Å². The van der Waals surface area contributed by atoms with Gasteiger partial charge in [0.25, 0.3) is 0 Å². The molecular weight excluding hydrogens is 333 g/mol. The first-order valence-corrected chi connectivity index (χ1v) is 8.71. The molecule has 1 unspecified atom stereocenters. The number of hydrogen-bond acceptors (Lipinski definition) is 5. The summed E-state index contributed by atoms with van der Waals surface area (Å²) in [6, 6.07) is 9.98. The number of ether oxygens (including phenoxy) is 1. The van der Waals surface area contributed by atoms with Crippen molar-refractivity contribution >= 4 is 10.0 Å². The Morgan fingerprint density at radius 2 is 2.17 bits per heavy atom. The Morgan fingerprint density at radius 3 is 2.92 bits per heavy atom. The van der Waals surface area contributed by atoms with E-state index in [1.165, 1.54) is 34.8 Å². The van der Waals surface area contributed by atoms with Gasteiger partial charge in [0.2, 0.25) is 15.9 Å². The van der Waals surface area contributed by atoms with Gasteiger partial charge in [0.1, 0.15) is 11.9 Å². The highest BCUT2D eigenvalue weighted by molar-refractivity contribution is 7.89. The normalized spacial score (nSPS) is 18.2. The number of rotatable bonds is 4. The lowest BCUT2D eigenvalue weighted by molar-refractivity contribution is 0.207. The lowest BCUT2D eigenvalue weighted by atomic mass is 10.3. The van der Waals surface area contributed by atoms with Crippen LogP contribution in [0.1, 0.15) is 12.0 Å². The number of halogens is 1. The Morgan fingerprint density at radius 1 is 1.33 bits per heavy atom. The molecule has 1 saturated heterocycles. The molecule has 1 aliphatic heterocycles. The molecule has 3 rings (SSSR count). The summed E-state index contributed by atoms with van der Waals surface area (Å²) in [6.07, 6.45) is 1.59. The fourth-order valence-electron chi connectivity index (χ4n) is 2.50. The summed E-state index contributed by atoms with van der Waals surface area (Å²) in [5, 5.41) is 8.87. The van der Waals surface area contributed by atoms with Crippen molar-refractivity contribution in [1.29, 1.82) is 5.26 Å². The van der Waals surface area contributed by atoms with E-state index in [9.17, 15) is 12.8 Å². The maximum absolute atomic E-state index is 13.3. The maximum atomic E-state index is 13.3. The molecule has 0 spiro atoms. The van der Waals surface area contributed by atoms with E-state index in [-0.39, 0.29) is 30.0 Å². The topological polar surface area (TPSA) is 83.3 Å². The molecule has 0 aliphatic carbocycles. The third-order valence-electron chi connectivity index (χ3n) is 3.69. The lowest BCUT2D eigenvalue weighted by Crippen LogP contribution is -2.31. The van der Waals surface area contributed by atoms with Gasteiger partial charge in [0.15, 0.2) is 0 Å². The van der Waals surface area contributed by atoms with Crippen LogP contribution in [0.25, 0.3) is 0 Å². The van der Waals surface area contributed by atoms with E-state index in [2.05, 4.69) is 4.98 Å². The smallest absolute Gasteiger partial charge is 0.243 e. The first-order valence-electron chi connectivity index (χ1n) is 7.27. The molecule has 1 fully saturated rings. The fourth-order valence-corrected chi connectivity index (χ4v) is 4.02.